The van der Waals surface area contributed by atoms with E-state index in [-0.39, 0.29) is 5.60 Å². The minimum Gasteiger partial charge on any atom is -0.375 e. The molecule has 0 spiro atoms. The van der Waals surface area contributed by atoms with Crippen LogP contribution in [0.2, 0.25) is 0 Å². The van der Waals surface area contributed by atoms with Gasteiger partial charge in [0.2, 0.25) is 0 Å². The number of likely N-dealkylation sites (N-methyl/N-ethyl adjacent to an activating group) is 1. The van der Waals surface area contributed by atoms with Crippen molar-refractivity contribution in [3.05, 3.63) is 0 Å². The van der Waals surface area contributed by atoms with Crippen molar-refractivity contribution in [1.82, 2.24) is 4.90 Å². The quantitative estimate of drug-likeness (QED) is 0.596. The van der Waals surface area contributed by atoms with Crippen LogP contribution in [-0.2, 0) is 4.74 Å². The largest absolute Gasteiger partial charge is 0.375 e. The third-order valence-corrected chi connectivity index (χ3v) is 1.35. The summed E-state index contributed by atoms with van der Waals surface area (Å²) in [7, 11) is 1.91. The minimum atomic E-state index is -0.0759. The van der Waals surface area contributed by atoms with Crippen molar-refractivity contribution < 1.29 is 4.74 Å². The summed E-state index contributed by atoms with van der Waals surface area (Å²) in [5.41, 5.74) is -0.0759. The molecule has 0 amide bonds. The van der Waals surface area contributed by atoms with E-state index in [9.17, 15) is 0 Å². The van der Waals surface area contributed by atoms with E-state index in [1.165, 1.54) is 0 Å². The molecular weight excluding hydrogens is 152 g/mol. The average molecular weight is 170 g/mol. The van der Waals surface area contributed by atoms with Crippen LogP contribution >= 0.6 is 0 Å². The lowest BCUT2D eigenvalue weighted by Crippen LogP contribution is -2.28. The lowest BCUT2D eigenvalue weighted by Gasteiger charge is -2.21. The zero-order chi connectivity index (χ0) is 9.61. The maximum atomic E-state index is 8.36. The van der Waals surface area contributed by atoms with Crippen LogP contribution in [-0.4, -0.2) is 37.2 Å². The summed E-state index contributed by atoms with van der Waals surface area (Å²) in [6, 6.07) is 2.09. The van der Waals surface area contributed by atoms with Crippen molar-refractivity contribution in [3.8, 4) is 6.07 Å². The van der Waals surface area contributed by atoms with Crippen LogP contribution in [0.5, 0.6) is 0 Å². The maximum Gasteiger partial charge on any atom is 0.0864 e. The number of rotatable bonds is 4. The Bertz CT molecular complexity index is 155. The second-order valence-corrected chi connectivity index (χ2v) is 3.86. The molecule has 0 saturated heterocycles. The Labute approximate surface area is 74.9 Å². The molecule has 0 aliphatic heterocycles. The zero-order valence-electron chi connectivity index (χ0n) is 8.42. The van der Waals surface area contributed by atoms with Gasteiger partial charge in [-0.3, -0.25) is 4.90 Å². The molecule has 0 aromatic rings. The van der Waals surface area contributed by atoms with Crippen LogP contribution in [0.1, 0.15) is 20.8 Å². The smallest absolute Gasteiger partial charge is 0.0864 e. The highest BCUT2D eigenvalue weighted by Crippen LogP contribution is 2.05. The van der Waals surface area contributed by atoms with Crippen molar-refractivity contribution in [2.75, 3.05) is 26.7 Å². The van der Waals surface area contributed by atoms with Gasteiger partial charge < -0.3 is 4.74 Å². The minimum absolute atomic E-state index is 0.0759. The normalized spacial score (nSPS) is 11.7. The van der Waals surface area contributed by atoms with E-state index in [0.717, 1.165) is 6.54 Å². The second-order valence-electron chi connectivity index (χ2n) is 3.86. The molecule has 12 heavy (non-hydrogen) atoms. The molecular formula is C9H18N2O. The third-order valence-electron chi connectivity index (χ3n) is 1.35. The van der Waals surface area contributed by atoms with Gasteiger partial charge in [-0.1, -0.05) is 0 Å². The van der Waals surface area contributed by atoms with Crippen molar-refractivity contribution in [2.24, 2.45) is 0 Å². The first kappa shape index (κ1) is 11.4. The van der Waals surface area contributed by atoms with Gasteiger partial charge in [0.25, 0.3) is 0 Å². The molecule has 0 heterocycles. The van der Waals surface area contributed by atoms with E-state index in [2.05, 4.69) is 6.07 Å². The van der Waals surface area contributed by atoms with E-state index in [1.54, 1.807) is 0 Å². The molecule has 0 fully saturated rings. The molecule has 3 heteroatoms. The Morgan fingerprint density at radius 3 is 2.42 bits per heavy atom. The number of nitriles is 1. The van der Waals surface area contributed by atoms with E-state index in [1.807, 2.05) is 32.7 Å². The zero-order valence-corrected chi connectivity index (χ0v) is 8.42. The van der Waals surface area contributed by atoms with Gasteiger partial charge in [-0.05, 0) is 27.8 Å². The van der Waals surface area contributed by atoms with Crippen LogP contribution in [0.3, 0.4) is 0 Å². The molecule has 70 valence electrons. The summed E-state index contributed by atoms with van der Waals surface area (Å²) in [6.07, 6.45) is 0. The second kappa shape index (κ2) is 5.13. The number of hydrogen-bond donors (Lipinski definition) is 0. The van der Waals surface area contributed by atoms with Crippen LogP contribution in [0, 0.1) is 11.3 Å². The van der Waals surface area contributed by atoms with E-state index < -0.39 is 0 Å². The van der Waals surface area contributed by atoms with E-state index >= 15 is 0 Å². The number of nitrogens with zero attached hydrogens (tertiary/aromatic N) is 2. The fraction of sp³-hybridized carbons (Fsp3) is 0.889. The molecule has 0 rings (SSSR count). The van der Waals surface area contributed by atoms with Gasteiger partial charge in [0, 0.05) is 6.54 Å². The van der Waals surface area contributed by atoms with Gasteiger partial charge in [-0.15, -0.1) is 0 Å². The van der Waals surface area contributed by atoms with Crippen LogP contribution in [0.4, 0.5) is 0 Å². The standard InChI is InChI=1S/C9H18N2O/c1-9(2,3)12-8-7-11(4)6-5-10/h6-8H2,1-4H3. The average Bonchev–Trinajstić information content (AvgIpc) is 1.84. The Balaban J connectivity index is 3.38. The monoisotopic (exact) mass is 170 g/mol. The van der Waals surface area contributed by atoms with E-state index in [4.69, 9.17) is 10.00 Å². The number of hydrogen-bond acceptors (Lipinski definition) is 3. The molecule has 0 aromatic heterocycles. The lowest BCUT2D eigenvalue weighted by atomic mass is 10.2. The molecule has 0 atom stereocenters. The van der Waals surface area contributed by atoms with Crippen molar-refractivity contribution >= 4 is 0 Å². The van der Waals surface area contributed by atoms with Gasteiger partial charge in [0.1, 0.15) is 0 Å². The molecule has 0 unspecified atom stereocenters. The van der Waals surface area contributed by atoms with Gasteiger partial charge >= 0.3 is 0 Å². The summed E-state index contributed by atoms with van der Waals surface area (Å²) in [4.78, 5) is 1.94. The first-order valence-corrected chi connectivity index (χ1v) is 4.15. The Morgan fingerprint density at radius 1 is 1.42 bits per heavy atom. The molecule has 0 radical (unpaired) electrons. The lowest BCUT2D eigenvalue weighted by molar-refractivity contribution is -0.00967. The Kier molecular flexibility index (Phi) is 4.87. The van der Waals surface area contributed by atoms with Gasteiger partial charge in [-0.25, -0.2) is 0 Å². The molecule has 0 aromatic carbocycles. The first-order valence-electron chi connectivity index (χ1n) is 4.15. The summed E-state index contributed by atoms with van der Waals surface area (Å²) in [6.45, 7) is 8.03. The fourth-order valence-corrected chi connectivity index (χ4v) is 0.707. The molecule has 0 N–H and O–H groups in total. The highest BCUT2D eigenvalue weighted by Gasteiger charge is 2.09. The summed E-state index contributed by atoms with van der Waals surface area (Å²) >= 11 is 0. The molecule has 0 saturated carbocycles. The molecule has 0 aliphatic carbocycles. The van der Waals surface area contributed by atoms with E-state index in [0.29, 0.717) is 13.2 Å². The molecule has 0 aliphatic rings. The van der Waals surface area contributed by atoms with Crippen LogP contribution < -0.4 is 0 Å². The highest BCUT2D eigenvalue weighted by molar-refractivity contribution is 4.74. The topological polar surface area (TPSA) is 36.3 Å². The highest BCUT2D eigenvalue weighted by atomic mass is 16.5. The Morgan fingerprint density at radius 2 is 2.00 bits per heavy atom. The number of ether oxygens (including phenoxy) is 1. The SMILES string of the molecule is CN(CC#N)CCOC(C)(C)C. The summed E-state index contributed by atoms with van der Waals surface area (Å²) in [5.74, 6) is 0. The summed E-state index contributed by atoms with van der Waals surface area (Å²) < 4.78 is 5.50. The van der Waals surface area contributed by atoms with Gasteiger partial charge in [-0.2, -0.15) is 5.26 Å². The van der Waals surface area contributed by atoms with Gasteiger partial charge in [0.05, 0.1) is 24.8 Å². The summed E-state index contributed by atoms with van der Waals surface area (Å²) in [5, 5.41) is 8.36. The van der Waals surface area contributed by atoms with Crippen LogP contribution in [0.15, 0.2) is 0 Å². The van der Waals surface area contributed by atoms with Crippen molar-refractivity contribution in [3.63, 3.8) is 0 Å². The van der Waals surface area contributed by atoms with Crippen molar-refractivity contribution in [1.29, 1.82) is 5.26 Å². The first-order chi connectivity index (χ1) is 5.45. The predicted molar refractivity (Wildman–Crippen MR) is 48.8 cm³/mol. The molecule has 3 nitrogen and oxygen atoms in total. The fourth-order valence-electron chi connectivity index (χ4n) is 0.707. The van der Waals surface area contributed by atoms with Gasteiger partial charge in [0.15, 0.2) is 0 Å². The predicted octanol–water partition coefficient (Wildman–Crippen LogP) is 1.26. The van der Waals surface area contributed by atoms with Crippen LogP contribution in [0.25, 0.3) is 0 Å². The Hall–Kier alpha value is -0.590. The molecule has 0 bridgehead atoms. The maximum absolute atomic E-state index is 8.36. The third kappa shape index (κ3) is 7.52. The van der Waals surface area contributed by atoms with Crippen molar-refractivity contribution in [2.45, 2.75) is 26.4 Å².